The largest absolute Gasteiger partial charge is 0.349 e. The highest BCUT2D eigenvalue weighted by Crippen LogP contribution is 2.37. The third kappa shape index (κ3) is 6.26. The Kier molecular flexibility index (Phi) is 7.94. The monoisotopic (exact) mass is 543 g/mol. The summed E-state index contributed by atoms with van der Waals surface area (Å²) < 4.78 is 41.2. The lowest BCUT2D eigenvalue weighted by molar-refractivity contribution is -0.130. The highest BCUT2D eigenvalue weighted by molar-refractivity contribution is 5.96. The maximum atomic E-state index is 14.0. The second-order valence-electron chi connectivity index (χ2n) is 11.4. The second kappa shape index (κ2) is 11.2. The molecule has 2 saturated heterocycles. The van der Waals surface area contributed by atoms with Gasteiger partial charge in [0.15, 0.2) is 0 Å². The van der Waals surface area contributed by atoms with Gasteiger partial charge in [-0.05, 0) is 62.6 Å². The van der Waals surface area contributed by atoms with Crippen LogP contribution in [0.1, 0.15) is 65.5 Å². The van der Waals surface area contributed by atoms with Crippen LogP contribution < -0.4 is 5.32 Å². The van der Waals surface area contributed by atoms with E-state index in [1.54, 1.807) is 12.1 Å². The summed E-state index contributed by atoms with van der Waals surface area (Å²) in [7, 11) is 0. The van der Waals surface area contributed by atoms with E-state index in [1.807, 2.05) is 18.7 Å². The minimum absolute atomic E-state index is 0.0131. The fraction of sp³-hybridized carbons (Fsp3) is 0.586. The summed E-state index contributed by atoms with van der Waals surface area (Å²) in [5.74, 6) is -3.03. The van der Waals surface area contributed by atoms with E-state index >= 15 is 0 Å². The fourth-order valence-electron chi connectivity index (χ4n) is 6.45. The Balaban J connectivity index is 1.18. The molecule has 1 N–H and O–H groups in total. The Morgan fingerprint density at radius 1 is 1.05 bits per heavy atom. The second-order valence-corrected chi connectivity index (χ2v) is 11.4. The molecule has 3 aliphatic rings. The van der Waals surface area contributed by atoms with Gasteiger partial charge in [-0.1, -0.05) is 12.1 Å². The first-order valence-electron chi connectivity index (χ1n) is 13.8. The van der Waals surface area contributed by atoms with Gasteiger partial charge in [0.25, 0.3) is 5.91 Å². The van der Waals surface area contributed by atoms with Crippen molar-refractivity contribution < 1.29 is 22.8 Å². The van der Waals surface area contributed by atoms with Crippen molar-refractivity contribution in [2.24, 2.45) is 17.8 Å². The number of hydrogen-bond acceptors (Lipinski definition) is 5. The van der Waals surface area contributed by atoms with Crippen LogP contribution in [0.2, 0.25) is 0 Å². The van der Waals surface area contributed by atoms with E-state index in [4.69, 9.17) is 0 Å². The summed E-state index contributed by atoms with van der Waals surface area (Å²) >= 11 is 0. The van der Waals surface area contributed by atoms with Gasteiger partial charge in [0.1, 0.15) is 12.1 Å². The van der Waals surface area contributed by atoms with Crippen LogP contribution in [0.15, 0.2) is 30.6 Å². The number of nitrogens with zero attached hydrogens (tertiary/aromatic N) is 4. The van der Waals surface area contributed by atoms with Gasteiger partial charge in [0.05, 0.1) is 23.0 Å². The van der Waals surface area contributed by atoms with Gasteiger partial charge in [0.2, 0.25) is 11.8 Å². The van der Waals surface area contributed by atoms with E-state index < -0.39 is 17.9 Å². The molecule has 1 aliphatic carbocycles. The van der Waals surface area contributed by atoms with Crippen molar-refractivity contribution in [2.75, 3.05) is 32.7 Å². The van der Waals surface area contributed by atoms with E-state index in [9.17, 15) is 22.8 Å². The van der Waals surface area contributed by atoms with Gasteiger partial charge in [-0.3, -0.25) is 9.59 Å². The summed E-state index contributed by atoms with van der Waals surface area (Å²) in [4.78, 5) is 38.8. The Morgan fingerprint density at radius 3 is 2.31 bits per heavy atom. The number of rotatable bonds is 7. The molecule has 3 atom stereocenters. The number of carbonyl (C=O) groups excluding carboxylic acids is 2. The predicted octanol–water partition coefficient (Wildman–Crippen LogP) is 4.31. The molecule has 1 aromatic heterocycles. The van der Waals surface area contributed by atoms with E-state index in [-0.39, 0.29) is 43.3 Å². The number of fused-ring (bicyclic) bond motifs is 1. The van der Waals surface area contributed by atoms with E-state index in [0.29, 0.717) is 60.4 Å². The van der Waals surface area contributed by atoms with Crippen molar-refractivity contribution in [1.82, 2.24) is 25.1 Å². The average Bonchev–Trinajstić information content (AvgIpc) is 3.45. The molecule has 0 radical (unpaired) electrons. The van der Waals surface area contributed by atoms with Gasteiger partial charge in [-0.2, -0.15) is 0 Å². The number of hydrogen-bond donors (Lipinski definition) is 1. The fourth-order valence-corrected chi connectivity index (χ4v) is 6.45. The molecule has 2 amide bonds. The molecule has 2 unspecified atom stereocenters. The molecule has 2 aromatic rings. The lowest BCUT2D eigenvalue weighted by Gasteiger charge is -2.30. The van der Waals surface area contributed by atoms with Crippen LogP contribution in [0.25, 0.3) is 0 Å². The molecule has 1 saturated carbocycles. The smallest absolute Gasteiger partial charge is 0.257 e. The Morgan fingerprint density at radius 2 is 1.69 bits per heavy atom. The Labute approximate surface area is 227 Å². The Bertz CT molecular complexity index is 1180. The first-order valence-corrected chi connectivity index (χ1v) is 13.8. The number of aryl methyl sites for hydroxylation is 2. The third-order valence-corrected chi connectivity index (χ3v) is 8.68. The van der Waals surface area contributed by atoms with Crippen LogP contribution in [0.3, 0.4) is 0 Å². The van der Waals surface area contributed by atoms with Crippen molar-refractivity contribution in [3.8, 4) is 0 Å². The molecular weight excluding hydrogens is 507 g/mol. The lowest BCUT2D eigenvalue weighted by atomic mass is 9.86. The van der Waals surface area contributed by atoms with Gasteiger partial charge in [-0.15, -0.1) is 0 Å². The highest BCUT2D eigenvalue weighted by atomic mass is 19.3. The minimum Gasteiger partial charge on any atom is -0.349 e. The molecule has 5 rings (SSSR count). The number of aromatic nitrogens is 2. The first kappa shape index (κ1) is 27.6. The van der Waals surface area contributed by atoms with E-state index in [2.05, 4.69) is 20.2 Å². The van der Waals surface area contributed by atoms with Crippen molar-refractivity contribution in [2.45, 2.75) is 57.9 Å². The zero-order valence-corrected chi connectivity index (χ0v) is 22.5. The number of amides is 2. The maximum Gasteiger partial charge on any atom is 0.257 e. The SMILES string of the molecule is Cc1ncnc(C)c1C(=O)N1CC2CN(CC[C@H](NC(=O)C3CCC(F)(F)CC3)c3cccc(F)c3)CC2C1. The molecule has 39 heavy (non-hydrogen) atoms. The minimum atomic E-state index is -2.70. The summed E-state index contributed by atoms with van der Waals surface area (Å²) in [6, 6.07) is 5.81. The molecule has 1 aromatic carbocycles. The summed E-state index contributed by atoms with van der Waals surface area (Å²) in [5, 5.41) is 3.04. The average molecular weight is 544 g/mol. The van der Waals surface area contributed by atoms with E-state index in [0.717, 1.165) is 13.1 Å². The first-order chi connectivity index (χ1) is 18.6. The van der Waals surface area contributed by atoms with Gasteiger partial charge in [-0.25, -0.2) is 23.1 Å². The van der Waals surface area contributed by atoms with Crippen molar-refractivity contribution in [3.05, 3.63) is 58.9 Å². The molecular formula is C29H36F3N5O2. The van der Waals surface area contributed by atoms with Crippen LogP contribution in [-0.4, -0.2) is 70.2 Å². The van der Waals surface area contributed by atoms with Gasteiger partial charge in [0, 0.05) is 51.5 Å². The standard InChI is InChI=1S/C29H36F3N5O2/c1-18-26(19(2)34-17-33-18)28(39)37-15-22-13-36(14-23(22)16-37)11-8-25(21-4-3-5-24(30)12-21)35-27(38)20-6-9-29(31,32)10-7-20/h3-5,12,17,20,22-23,25H,6-11,13-16H2,1-2H3,(H,35,38)/t22?,23?,25-/m0/s1. The molecule has 3 heterocycles. The van der Waals surface area contributed by atoms with Crippen LogP contribution in [0, 0.1) is 37.4 Å². The quantitative estimate of drug-likeness (QED) is 0.563. The summed E-state index contributed by atoms with van der Waals surface area (Å²) in [6.07, 6.45) is 1.83. The van der Waals surface area contributed by atoms with Crippen LogP contribution in [0.4, 0.5) is 13.2 Å². The molecule has 2 aliphatic heterocycles. The topological polar surface area (TPSA) is 78.4 Å². The number of likely N-dealkylation sites (tertiary alicyclic amines) is 2. The van der Waals surface area contributed by atoms with Gasteiger partial charge < -0.3 is 15.1 Å². The lowest BCUT2D eigenvalue weighted by Crippen LogP contribution is -2.39. The summed E-state index contributed by atoms with van der Waals surface area (Å²) in [6.45, 7) is 7.43. The van der Waals surface area contributed by atoms with Crippen LogP contribution in [-0.2, 0) is 4.79 Å². The van der Waals surface area contributed by atoms with E-state index in [1.165, 1.54) is 18.5 Å². The van der Waals surface area contributed by atoms with Crippen molar-refractivity contribution in [3.63, 3.8) is 0 Å². The highest BCUT2D eigenvalue weighted by Gasteiger charge is 2.42. The Hall–Kier alpha value is -3.01. The maximum absolute atomic E-state index is 14.0. The molecule has 0 spiro atoms. The number of benzene rings is 1. The summed E-state index contributed by atoms with van der Waals surface area (Å²) in [5.41, 5.74) is 2.65. The normalized spacial score (nSPS) is 24.0. The molecule has 10 heteroatoms. The molecule has 210 valence electrons. The van der Waals surface area contributed by atoms with Crippen LogP contribution in [0.5, 0.6) is 0 Å². The third-order valence-electron chi connectivity index (χ3n) is 8.68. The van der Waals surface area contributed by atoms with Crippen LogP contribution >= 0.6 is 0 Å². The number of nitrogens with one attached hydrogen (secondary N) is 1. The number of carbonyl (C=O) groups is 2. The molecule has 3 fully saturated rings. The van der Waals surface area contributed by atoms with Crippen molar-refractivity contribution in [1.29, 1.82) is 0 Å². The molecule has 0 bridgehead atoms. The van der Waals surface area contributed by atoms with Gasteiger partial charge >= 0.3 is 0 Å². The number of halogens is 3. The molecule has 7 nitrogen and oxygen atoms in total. The zero-order chi connectivity index (χ0) is 27.7. The number of alkyl halides is 2. The predicted molar refractivity (Wildman–Crippen MR) is 140 cm³/mol. The zero-order valence-electron chi connectivity index (χ0n) is 22.5. The van der Waals surface area contributed by atoms with Crippen molar-refractivity contribution >= 4 is 11.8 Å².